The topological polar surface area (TPSA) is 180 Å². The van der Waals surface area contributed by atoms with E-state index < -0.39 is 53.6 Å². The quantitative estimate of drug-likeness (QED) is 0.143. The number of carbonyl (C=O) groups is 5. The lowest BCUT2D eigenvalue weighted by molar-refractivity contribution is -0.159. The molecule has 43 heavy (non-hydrogen) atoms. The minimum absolute atomic E-state index is 0.00707. The van der Waals surface area contributed by atoms with Crippen molar-refractivity contribution in [1.82, 2.24) is 16.0 Å². The molecule has 0 bridgehead atoms. The van der Waals surface area contributed by atoms with Crippen molar-refractivity contribution in [1.29, 1.82) is 0 Å². The van der Waals surface area contributed by atoms with Crippen LogP contribution in [0, 0.1) is 0 Å². The number of aliphatic carboxylic acids is 2. The maximum absolute atomic E-state index is 13.5. The van der Waals surface area contributed by atoms with Gasteiger partial charge in [-0.25, -0.2) is 14.4 Å². The summed E-state index contributed by atoms with van der Waals surface area (Å²) in [4.78, 5) is 61.6. The van der Waals surface area contributed by atoms with Crippen LogP contribution < -0.4 is 20.7 Å². The monoisotopic (exact) mass is 599 g/mol. The Bertz CT molecular complexity index is 1210. The lowest BCUT2D eigenvalue weighted by Crippen LogP contribution is -2.55. The van der Waals surface area contributed by atoms with Crippen LogP contribution in [0.5, 0.6) is 5.75 Å². The molecule has 234 valence electrons. The minimum Gasteiger partial charge on any atom is -0.478 e. The number of rotatable bonds is 16. The molecule has 0 aromatic heterocycles. The van der Waals surface area contributed by atoms with Gasteiger partial charge >= 0.3 is 18.0 Å². The molecular formula is C31H41N3O9. The van der Waals surface area contributed by atoms with E-state index in [1.54, 1.807) is 32.9 Å². The van der Waals surface area contributed by atoms with E-state index in [0.29, 0.717) is 12.1 Å². The zero-order chi connectivity index (χ0) is 32.0. The fourth-order valence-electron chi connectivity index (χ4n) is 3.98. The fraction of sp³-hybridized carbons (Fsp3) is 0.452. The zero-order valence-electron chi connectivity index (χ0n) is 24.9. The van der Waals surface area contributed by atoms with Gasteiger partial charge in [0, 0.05) is 19.4 Å². The summed E-state index contributed by atoms with van der Waals surface area (Å²) < 4.78 is 10.4. The van der Waals surface area contributed by atoms with Crippen LogP contribution in [0.4, 0.5) is 4.79 Å². The highest BCUT2D eigenvalue weighted by Gasteiger charge is 2.30. The second-order valence-electron chi connectivity index (χ2n) is 11.0. The molecule has 2 aromatic carbocycles. The van der Waals surface area contributed by atoms with Gasteiger partial charge in [-0.2, -0.15) is 0 Å². The first kappa shape index (κ1) is 34.6. The van der Waals surface area contributed by atoms with Gasteiger partial charge in [0.15, 0.2) is 0 Å². The van der Waals surface area contributed by atoms with Crippen molar-refractivity contribution in [3.8, 4) is 5.75 Å². The maximum atomic E-state index is 13.5. The number of alkyl carbamates (subject to hydrolysis) is 1. The third kappa shape index (κ3) is 12.8. The van der Waals surface area contributed by atoms with Crippen molar-refractivity contribution < 1.29 is 43.7 Å². The van der Waals surface area contributed by atoms with Crippen LogP contribution in [-0.2, 0) is 36.8 Å². The van der Waals surface area contributed by atoms with E-state index >= 15 is 0 Å². The summed E-state index contributed by atoms with van der Waals surface area (Å²) in [6.07, 6.45) is -0.00126. The van der Waals surface area contributed by atoms with Crippen LogP contribution in [0.3, 0.4) is 0 Å². The molecule has 2 rings (SSSR count). The second kappa shape index (κ2) is 16.7. The number of hydrogen-bond donors (Lipinski definition) is 5. The molecule has 1 unspecified atom stereocenters. The van der Waals surface area contributed by atoms with Gasteiger partial charge < -0.3 is 35.6 Å². The molecule has 0 saturated carbocycles. The normalized spacial score (nSPS) is 12.5. The average Bonchev–Trinajstić information content (AvgIpc) is 2.93. The summed E-state index contributed by atoms with van der Waals surface area (Å²) in [5.74, 6) is -4.30. The van der Waals surface area contributed by atoms with Crippen molar-refractivity contribution >= 4 is 29.8 Å². The van der Waals surface area contributed by atoms with E-state index in [2.05, 4.69) is 16.0 Å². The summed E-state index contributed by atoms with van der Waals surface area (Å²) in [5.41, 5.74) is 0.586. The van der Waals surface area contributed by atoms with Gasteiger partial charge in [-0.05, 0) is 50.5 Å². The number of carboxylic acid groups (broad SMARTS) is 2. The summed E-state index contributed by atoms with van der Waals surface area (Å²) in [5, 5.41) is 26.3. The molecular weight excluding hydrogens is 558 g/mol. The number of carbonyl (C=O) groups excluding carboxylic acids is 3. The average molecular weight is 600 g/mol. The third-order valence-electron chi connectivity index (χ3n) is 6.07. The van der Waals surface area contributed by atoms with Gasteiger partial charge in [-0.15, -0.1) is 0 Å². The van der Waals surface area contributed by atoms with Gasteiger partial charge in [-0.3, -0.25) is 9.59 Å². The Morgan fingerprint density at radius 1 is 0.767 bits per heavy atom. The van der Waals surface area contributed by atoms with Gasteiger partial charge in [0.25, 0.3) is 6.10 Å². The SMILES string of the molecule is CCCCCNC(=O)[C@H](Cc1ccc(OC(C(=O)O)C(=O)O)cc1)NC(=O)C(Cc1ccccc1)NC(=O)OC(C)(C)C. The minimum atomic E-state index is -2.08. The van der Waals surface area contributed by atoms with Crippen molar-refractivity contribution in [2.45, 2.75) is 83.6 Å². The Morgan fingerprint density at radius 2 is 1.33 bits per heavy atom. The summed E-state index contributed by atoms with van der Waals surface area (Å²) >= 11 is 0. The maximum Gasteiger partial charge on any atom is 0.408 e. The van der Waals surface area contributed by atoms with E-state index in [4.69, 9.17) is 19.7 Å². The van der Waals surface area contributed by atoms with Crippen LogP contribution >= 0.6 is 0 Å². The third-order valence-corrected chi connectivity index (χ3v) is 6.07. The summed E-state index contributed by atoms with van der Waals surface area (Å²) in [6, 6.07) is 12.9. The number of hydrogen-bond acceptors (Lipinski definition) is 7. The van der Waals surface area contributed by atoms with E-state index in [0.717, 1.165) is 24.8 Å². The Kier molecular flexibility index (Phi) is 13.5. The number of unbranched alkanes of at least 4 members (excludes halogenated alkanes) is 2. The molecule has 12 heteroatoms. The highest BCUT2D eigenvalue weighted by Crippen LogP contribution is 2.16. The van der Waals surface area contributed by atoms with Crippen LogP contribution in [0.25, 0.3) is 0 Å². The number of nitrogens with one attached hydrogen (secondary N) is 3. The summed E-state index contributed by atoms with van der Waals surface area (Å²) in [7, 11) is 0. The standard InChI is InChI=1S/C31H41N3O9/c1-5-6-10-17-32-26(35)23(19-21-13-15-22(16-14-21)42-25(28(37)38)29(39)40)33-27(36)24(18-20-11-8-7-9-12-20)34-30(41)43-31(2,3)4/h7-9,11-16,23-25H,5-6,10,17-19H2,1-4H3,(H,32,35)(H,33,36)(H,34,41)(H,37,38)(H,39,40)/t23-,24?/m0/s1. The molecule has 0 saturated heterocycles. The van der Waals surface area contributed by atoms with E-state index in [1.807, 2.05) is 37.3 Å². The fourth-order valence-corrected chi connectivity index (χ4v) is 3.98. The zero-order valence-corrected chi connectivity index (χ0v) is 24.9. The molecule has 0 aliphatic rings. The lowest BCUT2D eigenvalue weighted by atomic mass is 10.0. The number of carboxylic acids is 2. The van der Waals surface area contributed by atoms with Crippen LogP contribution in [0.15, 0.2) is 54.6 Å². The highest BCUT2D eigenvalue weighted by molar-refractivity contribution is 5.96. The van der Waals surface area contributed by atoms with Crippen LogP contribution in [0.1, 0.15) is 58.1 Å². The molecule has 0 heterocycles. The predicted molar refractivity (Wildman–Crippen MR) is 158 cm³/mol. The lowest BCUT2D eigenvalue weighted by Gasteiger charge is -2.25. The number of amides is 3. The number of benzene rings is 2. The molecule has 0 spiro atoms. The molecule has 2 aromatic rings. The highest BCUT2D eigenvalue weighted by atomic mass is 16.6. The molecule has 5 N–H and O–H groups in total. The Balaban J connectivity index is 2.25. The Morgan fingerprint density at radius 3 is 1.86 bits per heavy atom. The first-order chi connectivity index (χ1) is 20.3. The molecule has 0 radical (unpaired) electrons. The predicted octanol–water partition coefficient (Wildman–Crippen LogP) is 3.07. The van der Waals surface area contributed by atoms with E-state index in [-0.39, 0.29) is 18.6 Å². The van der Waals surface area contributed by atoms with E-state index in [1.165, 1.54) is 12.1 Å². The Labute approximate surface area is 251 Å². The van der Waals surface area contributed by atoms with Crippen molar-refractivity contribution in [2.75, 3.05) is 6.54 Å². The van der Waals surface area contributed by atoms with Gasteiger partial charge in [0.05, 0.1) is 0 Å². The second-order valence-corrected chi connectivity index (χ2v) is 11.0. The molecule has 2 atom stereocenters. The van der Waals surface area contributed by atoms with Crippen molar-refractivity contribution in [3.05, 3.63) is 65.7 Å². The molecule has 0 aliphatic heterocycles. The largest absolute Gasteiger partial charge is 0.478 e. The van der Waals surface area contributed by atoms with E-state index in [9.17, 15) is 24.0 Å². The smallest absolute Gasteiger partial charge is 0.408 e. The molecule has 0 aliphatic carbocycles. The molecule has 0 fully saturated rings. The first-order valence-electron chi connectivity index (χ1n) is 14.1. The Hall–Kier alpha value is -4.61. The van der Waals surface area contributed by atoms with Crippen LogP contribution in [-0.4, -0.2) is 70.4 Å². The molecule has 12 nitrogen and oxygen atoms in total. The first-order valence-corrected chi connectivity index (χ1v) is 14.1. The number of ether oxygens (including phenoxy) is 2. The molecule has 3 amide bonds. The van der Waals surface area contributed by atoms with Gasteiger partial charge in [0.2, 0.25) is 11.8 Å². The van der Waals surface area contributed by atoms with Crippen LogP contribution in [0.2, 0.25) is 0 Å². The van der Waals surface area contributed by atoms with Gasteiger partial charge in [0.1, 0.15) is 23.4 Å². The van der Waals surface area contributed by atoms with Crippen molar-refractivity contribution in [3.63, 3.8) is 0 Å². The van der Waals surface area contributed by atoms with Gasteiger partial charge in [-0.1, -0.05) is 62.2 Å². The summed E-state index contributed by atoms with van der Waals surface area (Å²) in [6.45, 7) is 7.58. The van der Waals surface area contributed by atoms with Crippen molar-refractivity contribution in [2.24, 2.45) is 0 Å².